The van der Waals surface area contributed by atoms with Gasteiger partial charge in [-0.3, -0.25) is 24.2 Å². The first-order chi connectivity index (χ1) is 15.3. The molecule has 0 aromatic carbocycles. The molecule has 3 aromatic heterocycles. The summed E-state index contributed by atoms with van der Waals surface area (Å²) in [5.74, 6) is -1.27. The molecule has 0 unspecified atom stereocenters. The van der Waals surface area contributed by atoms with Crippen LogP contribution in [0.1, 0.15) is 30.1 Å². The first kappa shape index (κ1) is 24.7. The van der Waals surface area contributed by atoms with Gasteiger partial charge in [0.25, 0.3) is 17.4 Å². The van der Waals surface area contributed by atoms with Crippen LogP contribution in [0.5, 0.6) is 0 Å². The molecule has 0 fully saturated rings. The summed E-state index contributed by atoms with van der Waals surface area (Å²) in [4.78, 5) is 39.1. The summed E-state index contributed by atoms with van der Waals surface area (Å²) in [5.41, 5.74) is 0.515. The van der Waals surface area contributed by atoms with Gasteiger partial charge in [0.2, 0.25) is 0 Å². The van der Waals surface area contributed by atoms with Crippen molar-refractivity contribution in [3.05, 3.63) is 51.9 Å². The lowest BCUT2D eigenvalue weighted by Gasteiger charge is -2.14. The predicted octanol–water partition coefficient (Wildman–Crippen LogP) is 0.368. The molecule has 0 saturated carbocycles. The maximum absolute atomic E-state index is 13.0. The van der Waals surface area contributed by atoms with Crippen LogP contribution in [-0.2, 0) is 16.1 Å². The van der Waals surface area contributed by atoms with Crippen molar-refractivity contribution in [1.82, 2.24) is 19.3 Å². The van der Waals surface area contributed by atoms with Gasteiger partial charge < -0.3 is 24.8 Å². The molecule has 11 heteroatoms. The van der Waals surface area contributed by atoms with E-state index in [4.69, 9.17) is 20.0 Å². The van der Waals surface area contributed by atoms with Gasteiger partial charge in [-0.25, -0.2) is 4.98 Å². The fraction of sp³-hybridized carbons (Fsp3) is 0.381. The summed E-state index contributed by atoms with van der Waals surface area (Å²) >= 11 is 0. The maximum atomic E-state index is 13.0. The van der Waals surface area contributed by atoms with Gasteiger partial charge in [-0.15, -0.1) is 0 Å². The lowest BCUT2D eigenvalue weighted by Crippen LogP contribution is -2.35. The molecule has 3 heterocycles. The molecule has 3 rings (SSSR count). The average molecular weight is 445 g/mol. The molecule has 1 amide bonds. The number of aromatic nitrogens is 3. The zero-order valence-corrected chi connectivity index (χ0v) is 18.0. The molecular formula is C21H27N5O6. The minimum Gasteiger partial charge on any atom is -0.481 e. The number of nitrogens with one attached hydrogen (secondary N) is 2. The number of carbonyl (C=O) groups is 2. The molecule has 4 N–H and O–H groups in total. The minimum absolute atomic E-state index is 0.0441. The van der Waals surface area contributed by atoms with Crippen molar-refractivity contribution in [3.63, 3.8) is 0 Å². The number of aryl methyl sites for hydroxylation is 1. The molecule has 0 spiro atoms. The van der Waals surface area contributed by atoms with E-state index in [-0.39, 0.29) is 35.1 Å². The highest BCUT2D eigenvalue weighted by Crippen LogP contribution is 2.10. The normalized spacial score (nSPS) is 10.6. The van der Waals surface area contributed by atoms with Crippen molar-refractivity contribution in [1.29, 1.82) is 5.41 Å². The van der Waals surface area contributed by atoms with Gasteiger partial charge in [-0.2, -0.15) is 0 Å². The highest BCUT2D eigenvalue weighted by molar-refractivity contribution is 5.96. The number of carboxylic acid groups (broad SMARTS) is 1. The Morgan fingerprint density at radius 2 is 2.00 bits per heavy atom. The minimum atomic E-state index is -0.833. The van der Waals surface area contributed by atoms with E-state index in [2.05, 4.69) is 10.3 Å². The molecule has 0 aliphatic heterocycles. The second-order valence-electron chi connectivity index (χ2n) is 6.84. The van der Waals surface area contributed by atoms with Crippen LogP contribution in [0.2, 0.25) is 0 Å². The number of amides is 1. The molecule has 172 valence electrons. The van der Waals surface area contributed by atoms with E-state index >= 15 is 0 Å². The third-order valence-corrected chi connectivity index (χ3v) is 4.41. The highest BCUT2D eigenvalue weighted by atomic mass is 16.5. The largest absolute Gasteiger partial charge is 0.481 e. The van der Waals surface area contributed by atoms with Crippen LogP contribution in [0.15, 0.2) is 35.3 Å². The van der Waals surface area contributed by atoms with Crippen molar-refractivity contribution in [2.45, 2.75) is 26.3 Å². The second kappa shape index (κ2) is 11.7. The monoisotopic (exact) mass is 445 g/mol. The van der Waals surface area contributed by atoms with E-state index in [1.165, 1.54) is 15.0 Å². The van der Waals surface area contributed by atoms with E-state index in [0.29, 0.717) is 37.3 Å². The average Bonchev–Trinajstić information content (AvgIpc) is 2.76. The number of ether oxygens (including phenoxy) is 1. The molecule has 0 aliphatic rings. The van der Waals surface area contributed by atoms with Gasteiger partial charge in [0.15, 0.2) is 0 Å². The summed E-state index contributed by atoms with van der Waals surface area (Å²) in [6.45, 7) is 2.19. The fourth-order valence-corrected chi connectivity index (χ4v) is 3.02. The number of carboxylic acids is 1. The maximum Gasteiger partial charge on any atom is 0.300 e. The third kappa shape index (κ3) is 5.99. The number of fused-ring (bicyclic) bond motifs is 2. The summed E-state index contributed by atoms with van der Waals surface area (Å²) < 4.78 is 7.87. The number of hydrogen-bond acceptors (Lipinski definition) is 7. The standard InChI is InChI=1S/C19H23N5O4.C2H4O2/c1-28-11-4-7-21-18(26)13-12-14-17(24(16(13)20)9-5-10-25)22-15-6-2-3-8-23(15)19(14)27;1-2(3)4/h2-3,6,8,12,20,25H,4-5,7,9-11H2,1H3,(H,21,26);1H3,(H,3,4). The summed E-state index contributed by atoms with van der Waals surface area (Å²) in [6.07, 6.45) is 2.63. The number of carbonyl (C=O) groups excluding carboxylic acids is 1. The first-order valence-electron chi connectivity index (χ1n) is 9.98. The van der Waals surface area contributed by atoms with E-state index in [1.807, 2.05) is 0 Å². The number of hydrogen-bond donors (Lipinski definition) is 4. The van der Waals surface area contributed by atoms with Crippen molar-refractivity contribution < 1.29 is 24.5 Å². The van der Waals surface area contributed by atoms with Crippen LogP contribution in [0.4, 0.5) is 0 Å². The number of nitrogens with zero attached hydrogens (tertiary/aromatic N) is 3. The Morgan fingerprint density at radius 1 is 1.28 bits per heavy atom. The van der Waals surface area contributed by atoms with Crippen LogP contribution in [0.3, 0.4) is 0 Å². The molecule has 0 atom stereocenters. The van der Waals surface area contributed by atoms with Crippen LogP contribution in [0.25, 0.3) is 16.7 Å². The molecule has 0 aliphatic carbocycles. The van der Waals surface area contributed by atoms with Crippen molar-refractivity contribution >= 4 is 28.6 Å². The smallest absolute Gasteiger partial charge is 0.300 e. The molecule has 11 nitrogen and oxygen atoms in total. The number of aliphatic hydroxyl groups is 1. The molecular weight excluding hydrogens is 418 g/mol. The van der Waals surface area contributed by atoms with Crippen LogP contribution >= 0.6 is 0 Å². The Hall–Kier alpha value is -3.57. The van der Waals surface area contributed by atoms with Crippen molar-refractivity contribution in [3.8, 4) is 0 Å². The van der Waals surface area contributed by atoms with E-state index in [9.17, 15) is 14.7 Å². The Morgan fingerprint density at radius 3 is 2.66 bits per heavy atom. The topological polar surface area (TPSA) is 159 Å². The Labute approximate surface area is 183 Å². The lowest BCUT2D eigenvalue weighted by molar-refractivity contribution is -0.134. The van der Waals surface area contributed by atoms with Crippen LogP contribution in [0, 0.1) is 5.41 Å². The summed E-state index contributed by atoms with van der Waals surface area (Å²) in [5, 5.41) is 28.1. The van der Waals surface area contributed by atoms with Gasteiger partial charge in [-0.1, -0.05) is 6.07 Å². The number of aliphatic carboxylic acids is 1. The highest BCUT2D eigenvalue weighted by Gasteiger charge is 2.17. The number of pyridine rings is 2. The number of aliphatic hydroxyl groups excluding tert-OH is 1. The van der Waals surface area contributed by atoms with Crippen LogP contribution in [-0.4, -0.2) is 62.9 Å². The first-order valence-corrected chi connectivity index (χ1v) is 9.98. The second-order valence-corrected chi connectivity index (χ2v) is 6.84. The van der Waals surface area contributed by atoms with Gasteiger partial charge in [0.1, 0.15) is 16.8 Å². The van der Waals surface area contributed by atoms with E-state index < -0.39 is 11.9 Å². The Bertz CT molecular complexity index is 1210. The lowest BCUT2D eigenvalue weighted by atomic mass is 10.2. The number of methoxy groups -OCH3 is 1. The SMILES string of the molecule is CC(=O)O.COCCCNC(=O)c1cc2c(=O)n3ccccc3nc2n(CCCO)c1=N. The van der Waals surface area contributed by atoms with E-state index in [1.54, 1.807) is 31.5 Å². The van der Waals surface area contributed by atoms with E-state index in [0.717, 1.165) is 6.92 Å². The quantitative estimate of drug-likeness (QED) is 0.288. The van der Waals surface area contributed by atoms with Crippen molar-refractivity contribution in [2.24, 2.45) is 0 Å². The van der Waals surface area contributed by atoms with Gasteiger partial charge in [-0.05, 0) is 31.0 Å². The summed E-state index contributed by atoms with van der Waals surface area (Å²) in [6, 6.07) is 6.63. The predicted molar refractivity (Wildman–Crippen MR) is 117 cm³/mol. The third-order valence-electron chi connectivity index (χ3n) is 4.41. The molecule has 0 bridgehead atoms. The molecule has 32 heavy (non-hydrogen) atoms. The summed E-state index contributed by atoms with van der Waals surface area (Å²) in [7, 11) is 1.59. The van der Waals surface area contributed by atoms with Gasteiger partial charge in [0.05, 0.1) is 10.9 Å². The molecule has 0 radical (unpaired) electrons. The zero-order valence-electron chi connectivity index (χ0n) is 18.0. The zero-order chi connectivity index (χ0) is 23.7. The van der Waals surface area contributed by atoms with Gasteiger partial charge in [0, 0.05) is 46.5 Å². The fourth-order valence-electron chi connectivity index (χ4n) is 3.02. The Balaban J connectivity index is 0.000000837. The van der Waals surface area contributed by atoms with Crippen molar-refractivity contribution in [2.75, 3.05) is 26.9 Å². The Kier molecular flexibility index (Phi) is 9.05. The molecule has 0 saturated heterocycles. The number of rotatable bonds is 8. The van der Waals surface area contributed by atoms with Gasteiger partial charge >= 0.3 is 0 Å². The molecule has 3 aromatic rings. The van der Waals surface area contributed by atoms with Crippen LogP contribution < -0.4 is 16.4 Å².